The van der Waals surface area contributed by atoms with Crippen LogP contribution in [0.3, 0.4) is 0 Å². The number of benzene rings is 1. The topological polar surface area (TPSA) is 154 Å². The number of aliphatic hydroxyl groups is 2. The molecule has 0 unspecified atom stereocenters. The molecule has 174 valence electrons. The maximum atomic E-state index is 13.0. The molecule has 2 rings (SSSR count). The molecule has 1 atom stereocenters. The minimum atomic E-state index is -0.763. The van der Waals surface area contributed by atoms with Crippen molar-refractivity contribution in [2.24, 2.45) is 0 Å². The van der Waals surface area contributed by atoms with Crippen LogP contribution in [0.25, 0.3) is 0 Å². The summed E-state index contributed by atoms with van der Waals surface area (Å²) < 4.78 is 18.1. The Kier molecular flexibility index (Phi) is 13.4. The zero-order valence-corrected chi connectivity index (χ0v) is 18.4. The highest BCUT2D eigenvalue weighted by Crippen LogP contribution is 2.21. The summed E-state index contributed by atoms with van der Waals surface area (Å²) in [4.78, 5) is 16.3. The van der Waals surface area contributed by atoms with Gasteiger partial charge in [0.1, 0.15) is 11.6 Å². The molecule has 9 nitrogen and oxygen atoms in total. The Morgan fingerprint density at radius 2 is 1.88 bits per heavy atom. The van der Waals surface area contributed by atoms with Crippen LogP contribution in [0.4, 0.5) is 20.7 Å². The zero-order chi connectivity index (χ0) is 24.7. The lowest BCUT2D eigenvalue weighted by Gasteiger charge is -2.18. The number of aromatic nitrogens is 1. The van der Waals surface area contributed by atoms with Crippen LogP contribution < -0.4 is 16.4 Å². The number of carbonyl (C=O) groups excluding carboxylic acids is 1. The van der Waals surface area contributed by atoms with E-state index in [0.29, 0.717) is 5.56 Å². The van der Waals surface area contributed by atoms with Crippen LogP contribution in [0.5, 0.6) is 0 Å². The smallest absolute Gasteiger partial charge is 0.320 e. The molecule has 0 spiro atoms. The first-order valence-electron chi connectivity index (χ1n) is 9.78. The summed E-state index contributed by atoms with van der Waals surface area (Å²) in [5.41, 5.74) is 6.76. The van der Waals surface area contributed by atoms with E-state index in [4.69, 9.17) is 15.9 Å². The fourth-order valence-corrected chi connectivity index (χ4v) is 2.52. The number of amides is 2. The number of pyridine rings is 1. The minimum absolute atomic E-state index is 0.0443. The Balaban J connectivity index is 0.00000227. The third-order valence-corrected chi connectivity index (χ3v) is 3.79. The van der Waals surface area contributed by atoms with E-state index in [0.717, 1.165) is 0 Å². The van der Waals surface area contributed by atoms with E-state index in [1.165, 1.54) is 30.3 Å². The van der Waals surface area contributed by atoms with Gasteiger partial charge in [0.15, 0.2) is 0 Å². The molecule has 1 aromatic carbocycles. The SMILES string of the molecule is C#C.CC.CCOC(=N)c1c(N)cc(NC(=O)N[C@H](CO)c2ccc(F)cc2)nc1CO. The molecule has 32 heavy (non-hydrogen) atoms. The van der Waals surface area contributed by atoms with Crippen LogP contribution in [0.1, 0.15) is 43.6 Å². The molecule has 7 N–H and O–H groups in total. The summed E-state index contributed by atoms with van der Waals surface area (Å²) in [5, 5.41) is 31.8. The van der Waals surface area contributed by atoms with Crippen LogP contribution in [-0.4, -0.2) is 40.3 Å². The fourth-order valence-electron chi connectivity index (χ4n) is 2.52. The average molecular weight is 448 g/mol. The second-order valence-corrected chi connectivity index (χ2v) is 5.72. The molecule has 1 aromatic heterocycles. The normalized spacial score (nSPS) is 10.4. The van der Waals surface area contributed by atoms with Crippen molar-refractivity contribution in [3.63, 3.8) is 0 Å². The van der Waals surface area contributed by atoms with E-state index in [-0.39, 0.29) is 35.3 Å². The second kappa shape index (κ2) is 15.2. The van der Waals surface area contributed by atoms with Gasteiger partial charge in [0.25, 0.3) is 0 Å². The number of ether oxygens (including phenoxy) is 1. The van der Waals surface area contributed by atoms with E-state index in [2.05, 4.69) is 28.5 Å². The number of nitrogens with one attached hydrogen (secondary N) is 3. The predicted molar refractivity (Wildman–Crippen MR) is 123 cm³/mol. The lowest BCUT2D eigenvalue weighted by molar-refractivity contribution is 0.225. The summed E-state index contributed by atoms with van der Waals surface area (Å²) in [5.74, 6) is -0.620. The quantitative estimate of drug-likeness (QED) is 0.218. The van der Waals surface area contributed by atoms with E-state index in [1.54, 1.807) is 6.92 Å². The van der Waals surface area contributed by atoms with Crippen LogP contribution >= 0.6 is 0 Å². The van der Waals surface area contributed by atoms with Gasteiger partial charge in [-0.1, -0.05) is 26.0 Å². The number of urea groups is 1. The van der Waals surface area contributed by atoms with Crippen molar-refractivity contribution in [1.82, 2.24) is 10.3 Å². The Hall–Kier alpha value is -3.68. The molecular formula is C22H30FN5O4. The molecule has 2 aromatic rings. The Morgan fingerprint density at radius 3 is 2.38 bits per heavy atom. The van der Waals surface area contributed by atoms with Gasteiger partial charge in [-0.25, -0.2) is 14.2 Å². The van der Waals surface area contributed by atoms with Crippen LogP contribution in [0.2, 0.25) is 0 Å². The van der Waals surface area contributed by atoms with Crippen molar-refractivity contribution in [3.05, 3.63) is 53.0 Å². The number of aliphatic hydroxyl groups excluding tert-OH is 2. The van der Waals surface area contributed by atoms with E-state index in [9.17, 15) is 19.4 Å². The third kappa shape index (κ3) is 8.22. The molecule has 0 bridgehead atoms. The first kappa shape index (κ1) is 28.3. The van der Waals surface area contributed by atoms with Gasteiger partial charge in [-0.2, -0.15) is 0 Å². The molecule has 0 aliphatic carbocycles. The number of terminal acetylenes is 1. The number of nitrogens with two attached hydrogens (primary N) is 1. The Labute approximate surface area is 187 Å². The zero-order valence-electron chi connectivity index (χ0n) is 18.4. The molecule has 0 fully saturated rings. The highest BCUT2D eigenvalue weighted by atomic mass is 19.1. The van der Waals surface area contributed by atoms with Crippen molar-refractivity contribution in [2.45, 2.75) is 33.4 Å². The summed E-state index contributed by atoms with van der Waals surface area (Å²) in [7, 11) is 0. The van der Waals surface area contributed by atoms with Gasteiger partial charge >= 0.3 is 6.03 Å². The highest BCUT2D eigenvalue weighted by Gasteiger charge is 2.18. The van der Waals surface area contributed by atoms with E-state index < -0.39 is 31.1 Å². The van der Waals surface area contributed by atoms with Crippen molar-refractivity contribution in [1.29, 1.82) is 5.41 Å². The van der Waals surface area contributed by atoms with Crippen molar-refractivity contribution in [2.75, 3.05) is 24.3 Å². The molecule has 0 aliphatic heterocycles. The third-order valence-electron chi connectivity index (χ3n) is 3.79. The van der Waals surface area contributed by atoms with Gasteiger partial charge in [0.2, 0.25) is 5.90 Å². The molecule has 0 aliphatic rings. The first-order valence-corrected chi connectivity index (χ1v) is 9.78. The standard InChI is InChI=1S/C18H22FN5O4.C2H6.C2H2/c1-2-28-17(21)16-12(20)7-15(22-14(16)9-26)24-18(27)23-13(8-25)10-3-5-11(19)6-4-10;2*1-2/h3-7,13,21,25-26H,2,8-9H2,1H3,(H4,20,22,23,24,27);1-2H3;1-2H/t13-;;/m1../s1. The number of hydrogen-bond acceptors (Lipinski definition) is 7. The molecule has 0 saturated heterocycles. The number of nitrogens with zero attached hydrogens (tertiary/aromatic N) is 1. The Bertz CT molecular complexity index is 888. The van der Waals surface area contributed by atoms with Gasteiger partial charge < -0.3 is 26.0 Å². The van der Waals surface area contributed by atoms with Gasteiger partial charge in [-0.05, 0) is 24.6 Å². The first-order chi connectivity index (χ1) is 15.4. The van der Waals surface area contributed by atoms with Crippen molar-refractivity contribution < 1.29 is 24.1 Å². The highest BCUT2D eigenvalue weighted by molar-refractivity contribution is 5.99. The van der Waals surface area contributed by atoms with Crippen molar-refractivity contribution >= 4 is 23.4 Å². The van der Waals surface area contributed by atoms with Crippen LogP contribution in [-0.2, 0) is 11.3 Å². The summed E-state index contributed by atoms with van der Waals surface area (Å²) in [6.07, 6.45) is 8.00. The number of nitrogen functional groups attached to an aromatic ring is 1. The maximum Gasteiger partial charge on any atom is 0.320 e. The van der Waals surface area contributed by atoms with Crippen LogP contribution in [0, 0.1) is 24.1 Å². The maximum absolute atomic E-state index is 13.0. The molecule has 10 heteroatoms. The summed E-state index contributed by atoms with van der Waals surface area (Å²) >= 11 is 0. The van der Waals surface area contributed by atoms with Gasteiger partial charge in [-0.15, -0.1) is 12.8 Å². The van der Waals surface area contributed by atoms with Gasteiger partial charge in [0, 0.05) is 11.8 Å². The summed E-state index contributed by atoms with van der Waals surface area (Å²) in [6, 6.07) is 5.22. The predicted octanol–water partition coefficient (Wildman–Crippen LogP) is 2.79. The monoisotopic (exact) mass is 447 g/mol. The fraction of sp³-hybridized carbons (Fsp3) is 0.318. The van der Waals surface area contributed by atoms with Crippen molar-refractivity contribution in [3.8, 4) is 12.8 Å². The lowest BCUT2D eigenvalue weighted by Crippen LogP contribution is -2.34. The van der Waals surface area contributed by atoms with Crippen LogP contribution in [0.15, 0.2) is 30.3 Å². The average Bonchev–Trinajstić information content (AvgIpc) is 2.80. The van der Waals surface area contributed by atoms with Gasteiger partial charge in [-0.3, -0.25) is 10.7 Å². The minimum Gasteiger partial charge on any atom is -0.478 e. The number of halogens is 1. The lowest BCUT2D eigenvalue weighted by atomic mass is 10.1. The van der Waals surface area contributed by atoms with E-state index >= 15 is 0 Å². The number of hydrogen-bond donors (Lipinski definition) is 6. The Morgan fingerprint density at radius 1 is 1.28 bits per heavy atom. The second-order valence-electron chi connectivity index (χ2n) is 5.72. The molecule has 0 saturated carbocycles. The molecule has 2 amide bonds. The largest absolute Gasteiger partial charge is 0.478 e. The molecule has 0 radical (unpaired) electrons. The summed E-state index contributed by atoms with van der Waals surface area (Å²) in [6.45, 7) is 5.04. The molecular weight excluding hydrogens is 417 g/mol. The van der Waals surface area contributed by atoms with Gasteiger partial charge in [0.05, 0.1) is 37.1 Å². The number of rotatable bonds is 7. The number of anilines is 2. The molecule has 1 heterocycles. The number of carbonyl (C=O) groups is 1. The van der Waals surface area contributed by atoms with E-state index in [1.807, 2.05) is 13.8 Å².